The predicted molar refractivity (Wildman–Crippen MR) is 91.4 cm³/mol. The maximum atomic E-state index is 13.1. The molecule has 0 radical (unpaired) electrons. The van der Waals surface area contributed by atoms with E-state index in [2.05, 4.69) is 10.1 Å². The van der Waals surface area contributed by atoms with Crippen molar-refractivity contribution >= 4 is 23.6 Å². The van der Waals surface area contributed by atoms with Gasteiger partial charge in [-0.1, -0.05) is 25.1 Å². The first kappa shape index (κ1) is 14.6. The molecular formula is C18H19N5O2. The normalized spacial score (nSPS) is 25.0. The summed E-state index contributed by atoms with van der Waals surface area (Å²) in [6.45, 7) is 2.82. The summed E-state index contributed by atoms with van der Waals surface area (Å²) in [5, 5.41) is 4.44. The predicted octanol–water partition coefficient (Wildman–Crippen LogP) is 2.15. The zero-order valence-corrected chi connectivity index (χ0v) is 14.1. The summed E-state index contributed by atoms with van der Waals surface area (Å²) >= 11 is 0. The molecule has 4 heterocycles. The average Bonchev–Trinajstić information content (AvgIpc) is 3.14. The number of hydrogen-bond donors (Lipinski definition) is 0. The van der Waals surface area contributed by atoms with E-state index in [0.29, 0.717) is 0 Å². The molecule has 1 aromatic heterocycles. The van der Waals surface area contributed by atoms with Crippen LogP contribution in [0.5, 0.6) is 0 Å². The summed E-state index contributed by atoms with van der Waals surface area (Å²) in [6, 6.07) is 7.00. The van der Waals surface area contributed by atoms with Gasteiger partial charge >= 0.3 is 6.03 Å². The summed E-state index contributed by atoms with van der Waals surface area (Å²) in [4.78, 5) is 33.5. The number of nitrogens with zero attached hydrogens (tertiary/aromatic N) is 5. The third kappa shape index (κ3) is 1.98. The lowest BCUT2D eigenvalue weighted by atomic mass is 9.87. The molecule has 3 aliphatic rings. The van der Waals surface area contributed by atoms with Crippen molar-refractivity contribution in [2.24, 2.45) is 5.92 Å². The zero-order valence-electron chi connectivity index (χ0n) is 14.1. The van der Waals surface area contributed by atoms with Crippen molar-refractivity contribution in [1.82, 2.24) is 14.8 Å². The van der Waals surface area contributed by atoms with Gasteiger partial charge in [-0.25, -0.2) is 9.48 Å². The van der Waals surface area contributed by atoms with E-state index < -0.39 is 6.04 Å². The second-order valence-corrected chi connectivity index (χ2v) is 7.09. The molecule has 0 unspecified atom stereocenters. The molecule has 1 saturated heterocycles. The number of fused-ring (bicyclic) bond motifs is 4. The van der Waals surface area contributed by atoms with Crippen molar-refractivity contribution in [2.45, 2.75) is 45.2 Å². The van der Waals surface area contributed by atoms with E-state index in [1.165, 1.54) is 4.90 Å². The van der Waals surface area contributed by atoms with Crippen molar-refractivity contribution in [3.8, 4) is 0 Å². The van der Waals surface area contributed by atoms with E-state index in [1.807, 2.05) is 35.9 Å². The van der Waals surface area contributed by atoms with Crippen molar-refractivity contribution in [1.29, 1.82) is 0 Å². The number of benzene rings is 1. The average molecular weight is 337 g/mol. The Kier molecular flexibility index (Phi) is 3.01. The Balaban J connectivity index is 1.59. The number of hydrogen-bond acceptors (Lipinski definition) is 4. The maximum Gasteiger partial charge on any atom is 0.339 e. The Morgan fingerprint density at radius 1 is 1.16 bits per heavy atom. The minimum Gasteiger partial charge on any atom is -0.280 e. The summed E-state index contributed by atoms with van der Waals surface area (Å²) in [5.41, 5.74) is 1.93. The number of imide groups is 1. The van der Waals surface area contributed by atoms with E-state index >= 15 is 0 Å². The van der Waals surface area contributed by atoms with Crippen molar-refractivity contribution in [3.63, 3.8) is 0 Å². The fourth-order valence-electron chi connectivity index (χ4n) is 4.24. The summed E-state index contributed by atoms with van der Waals surface area (Å²) < 4.78 is 1.83. The van der Waals surface area contributed by atoms with Crippen molar-refractivity contribution in [2.75, 3.05) is 9.80 Å². The van der Waals surface area contributed by atoms with Gasteiger partial charge in [0.2, 0.25) is 0 Å². The largest absolute Gasteiger partial charge is 0.339 e. The third-order valence-electron chi connectivity index (χ3n) is 5.44. The Morgan fingerprint density at radius 3 is 2.84 bits per heavy atom. The molecule has 0 N–H and O–H groups in total. The number of rotatable bonds is 1. The number of aromatic nitrogens is 3. The van der Waals surface area contributed by atoms with Crippen LogP contribution in [0.1, 0.15) is 31.2 Å². The monoisotopic (exact) mass is 337 g/mol. The van der Waals surface area contributed by atoms with Crippen molar-refractivity contribution in [3.05, 3.63) is 35.7 Å². The third-order valence-corrected chi connectivity index (χ3v) is 5.44. The Labute approximate surface area is 145 Å². The lowest BCUT2D eigenvalue weighted by Gasteiger charge is -2.33. The van der Waals surface area contributed by atoms with Crippen LogP contribution in [0.2, 0.25) is 0 Å². The fourth-order valence-corrected chi connectivity index (χ4v) is 4.24. The van der Waals surface area contributed by atoms with Gasteiger partial charge in [0, 0.05) is 18.7 Å². The van der Waals surface area contributed by atoms with Gasteiger partial charge < -0.3 is 0 Å². The van der Waals surface area contributed by atoms with E-state index in [4.69, 9.17) is 0 Å². The number of amides is 3. The number of para-hydroxylation sites is 1. The lowest BCUT2D eigenvalue weighted by molar-refractivity contribution is -0.119. The first-order valence-corrected chi connectivity index (χ1v) is 8.84. The highest BCUT2D eigenvalue weighted by molar-refractivity contribution is 6.28. The van der Waals surface area contributed by atoms with E-state index in [-0.39, 0.29) is 23.8 Å². The standard InChI is InChI=1S/C18H19N5O2/c1-11-10-12-6-2-3-7-13(12)22-15(11)16(24)23(18(22)25)17-19-14-8-4-5-9-21(14)20-17/h2-3,6-7,11,15H,4-5,8-10H2,1H3/t11-,15+/m1/s1. The molecule has 0 saturated carbocycles. The van der Waals surface area contributed by atoms with Gasteiger partial charge in [0.25, 0.3) is 11.9 Å². The van der Waals surface area contributed by atoms with Gasteiger partial charge in [0.15, 0.2) is 0 Å². The second kappa shape index (κ2) is 5.15. The van der Waals surface area contributed by atoms with Crippen LogP contribution in [0.15, 0.2) is 24.3 Å². The van der Waals surface area contributed by atoms with Crippen LogP contribution in [0.4, 0.5) is 16.4 Å². The van der Waals surface area contributed by atoms with Gasteiger partial charge in [-0.3, -0.25) is 9.69 Å². The minimum absolute atomic E-state index is 0.0635. The maximum absolute atomic E-state index is 13.1. The fraction of sp³-hybridized carbons (Fsp3) is 0.444. The molecule has 1 aromatic carbocycles. The smallest absolute Gasteiger partial charge is 0.280 e. The first-order chi connectivity index (χ1) is 12.1. The van der Waals surface area contributed by atoms with Crippen LogP contribution >= 0.6 is 0 Å². The quantitative estimate of drug-likeness (QED) is 0.748. The number of anilines is 2. The lowest BCUT2D eigenvalue weighted by Crippen LogP contribution is -2.44. The first-order valence-electron chi connectivity index (χ1n) is 8.84. The molecule has 25 heavy (non-hydrogen) atoms. The van der Waals surface area contributed by atoms with E-state index in [0.717, 1.165) is 49.3 Å². The molecule has 7 heteroatoms. The van der Waals surface area contributed by atoms with Gasteiger partial charge in [0.1, 0.15) is 11.9 Å². The molecule has 0 spiro atoms. The molecule has 1 fully saturated rings. The van der Waals surface area contributed by atoms with Gasteiger partial charge in [-0.15, -0.1) is 5.10 Å². The molecule has 5 rings (SSSR count). The number of carbonyl (C=O) groups is 2. The van der Waals surface area contributed by atoms with Crippen LogP contribution in [-0.4, -0.2) is 32.7 Å². The molecule has 128 valence electrons. The Morgan fingerprint density at radius 2 is 2.00 bits per heavy atom. The number of carbonyl (C=O) groups excluding carboxylic acids is 2. The molecule has 0 aliphatic carbocycles. The molecule has 7 nitrogen and oxygen atoms in total. The van der Waals surface area contributed by atoms with Gasteiger partial charge in [0.05, 0.1) is 0 Å². The molecular weight excluding hydrogens is 318 g/mol. The van der Waals surface area contributed by atoms with E-state index in [1.54, 1.807) is 4.90 Å². The topological polar surface area (TPSA) is 71.3 Å². The van der Waals surface area contributed by atoms with Crippen LogP contribution in [0, 0.1) is 5.92 Å². The van der Waals surface area contributed by atoms with E-state index in [9.17, 15) is 9.59 Å². The second-order valence-electron chi connectivity index (χ2n) is 7.09. The number of aryl methyl sites for hydroxylation is 2. The zero-order chi connectivity index (χ0) is 17.1. The SMILES string of the molecule is C[C@@H]1Cc2ccccc2N2C(=O)N(c3nc4n(n3)CCCC4)C(=O)[C@H]12. The molecule has 2 atom stereocenters. The molecule has 2 aromatic rings. The Bertz CT molecular complexity index is 866. The van der Waals surface area contributed by atoms with Crippen LogP contribution in [-0.2, 0) is 24.2 Å². The van der Waals surface area contributed by atoms with Crippen molar-refractivity contribution < 1.29 is 9.59 Å². The summed E-state index contributed by atoms with van der Waals surface area (Å²) in [5.74, 6) is 0.940. The van der Waals surface area contributed by atoms with Crippen LogP contribution in [0.25, 0.3) is 0 Å². The number of urea groups is 1. The minimum atomic E-state index is -0.470. The highest BCUT2D eigenvalue weighted by Gasteiger charge is 2.52. The highest BCUT2D eigenvalue weighted by Crippen LogP contribution is 2.39. The highest BCUT2D eigenvalue weighted by atomic mass is 16.2. The summed E-state index contributed by atoms with van der Waals surface area (Å²) in [7, 11) is 0. The molecule has 3 amide bonds. The Hall–Kier alpha value is -2.70. The van der Waals surface area contributed by atoms with Crippen LogP contribution in [0.3, 0.4) is 0 Å². The van der Waals surface area contributed by atoms with Gasteiger partial charge in [-0.2, -0.15) is 9.88 Å². The molecule has 0 bridgehead atoms. The van der Waals surface area contributed by atoms with Crippen LogP contribution < -0.4 is 9.80 Å². The molecule has 3 aliphatic heterocycles. The van der Waals surface area contributed by atoms with Gasteiger partial charge in [-0.05, 0) is 36.8 Å². The summed E-state index contributed by atoms with van der Waals surface area (Å²) in [6.07, 6.45) is 3.75.